The molecule has 0 saturated heterocycles. The first kappa shape index (κ1) is 16.0. The normalized spacial score (nSPS) is 14.3. The molecule has 19 heavy (non-hydrogen) atoms. The van der Waals surface area contributed by atoms with Crippen LogP contribution in [0.25, 0.3) is 0 Å². The minimum atomic E-state index is -0.433. The summed E-state index contributed by atoms with van der Waals surface area (Å²) in [6, 6.07) is 8.23. The van der Waals surface area contributed by atoms with Crippen LogP contribution >= 0.6 is 0 Å². The molecule has 0 spiro atoms. The van der Waals surface area contributed by atoms with Crippen molar-refractivity contribution < 1.29 is 9.84 Å². The maximum Gasteiger partial charge on any atom is 0.119 e. The van der Waals surface area contributed by atoms with Gasteiger partial charge < -0.3 is 9.84 Å². The Morgan fingerprint density at radius 3 is 2.00 bits per heavy atom. The quantitative estimate of drug-likeness (QED) is 0.865. The summed E-state index contributed by atoms with van der Waals surface area (Å²) < 4.78 is 5.49. The van der Waals surface area contributed by atoms with Crippen molar-refractivity contribution in [2.45, 2.75) is 59.5 Å². The second-order valence-corrected chi connectivity index (χ2v) is 7.31. The molecule has 0 bridgehead atoms. The van der Waals surface area contributed by atoms with Crippen molar-refractivity contribution in [3.63, 3.8) is 0 Å². The molecule has 2 nitrogen and oxygen atoms in total. The van der Waals surface area contributed by atoms with Gasteiger partial charge in [-0.3, -0.25) is 0 Å². The second kappa shape index (κ2) is 5.96. The van der Waals surface area contributed by atoms with Gasteiger partial charge in [0.15, 0.2) is 0 Å². The number of benzene rings is 1. The summed E-state index contributed by atoms with van der Waals surface area (Å²) in [5.74, 6) is 0.816. The van der Waals surface area contributed by atoms with Crippen LogP contribution in [0.1, 0.15) is 53.5 Å². The van der Waals surface area contributed by atoms with Crippen LogP contribution in [0.5, 0.6) is 5.75 Å². The summed E-state index contributed by atoms with van der Waals surface area (Å²) in [6.07, 6.45) is 0.699. The predicted octanol–water partition coefficient (Wildman–Crippen LogP) is 4.16. The Hall–Kier alpha value is -1.02. The zero-order chi connectivity index (χ0) is 14.7. The molecule has 108 valence electrons. The summed E-state index contributed by atoms with van der Waals surface area (Å²) in [4.78, 5) is 0. The highest BCUT2D eigenvalue weighted by atomic mass is 16.5. The highest BCUT2D eigenvalue weighted by molar-refractivity contribution is 5.31. The average Bonchev–Trinajstić information content (AvgIpc) is 2.23. The van der Waals surface area contributed by atoms with Gasteiger partial charge in [0.05, 0.1) is 6.10 Å². The van der Waals surface area contributed by atoms with Crippen LogP contribution in [0, 0.1) is 5.41 Å². The minimum absolute atomic E-state index is 0.154. The van der Waals surface area contributed by atoms with Crippen molar-refractivity contribution in [3.05, 3.63) is 29.8 Å². The summed E-state index contributed by atoms with van der Waals surface area (Å²) in [5, 5.41) is 9.20. The van der Waals surface area contributed by atoms with Crippen molar-refractivity contribution in [1.82, 2.24) is 0 Å². The average molecular weight is 264 g/mol. The SMILES string of the molecule is CC(O)COc1ccc(C(C)(C)CC(C)(C)C)cc1. The topological polar surface area (TPSA) is 29.5 Å². The molecule has 1 unspecified atom stereocenters. The fourth-order valence-electron chi connectivity index (χ4n) is 2.65. The largest absolute Gasteiger partial charge is 0.491 e. The lowest BCUT2D eigenvalue weighted by molar-refractivity contribution is 0.122. The zero-order valence-electron chi connectivity index (χ0n) is 13.2. The molecule has 0 radical (unpaired) electrons. The Labute approximate surface area is 117 Å². The van der Waals surface area contributed by atoms with E-state index in [9.17, 15) is 5.11 Å². The van der Waals surface area contributed by atoms with Gasteiger partial charge in [-0.25, -0.2) is 0 Å². The van der Waals surface area contributed by atoms with Gasteiger partial charge in [-0.1, -0.05) is 46.8 Å². The van der Waals surface area contributed by atoms with Gasteiger partial charge in [-0.05, 0) is 41.9 Å². The number of ether oxygens (including phenoxy) is 1. The molecular formula is C17H28O2. The van der Waals surface area contributed by atoms with E-state index in [0.29, 0.717) is 12.0 Å². The lowest BCUT2D eigenvalue weighted by Gasteiger charge is -2.33. The molecular weight excluding hydrogens is 236 g/mol. The van der Waals surface area contributed by atoms with E-state index in [0.717, 1.165) is 12.2 Å². The molecule has 1 N–H and O–H groups in total. The van der Waals surface area contributed by atoms with Crippen molar-refractivity contribution >= 4 is 0 Å². The smallest absolute Gasteiger partial charge is 0.119 e. The van der Waals surface area contributed by atoms with Gasteiger partial charge in [0.2, 0.25) is 0 Å². The van der Waals surface area contributed by atoms with Crippen LogP contribution in [-0.2, 0) is 5.41 Å². The molecule has 0 fully saturated rings. The van der Waals surface area contributed by atoms with E-state index in [2.05, 4.69) is 46.8 Å². The molecule has 1 aromatic rings. The van der Waals surface area contributed by atoms with Crippen LogP contribution in [0.2, 0.25) is 0 Å². The molecule has 0 saturated carbocycles. The molecule has 1 atom stereocenters. The molecule has 0 heterocycles. The zero-order valence-corrected chi connectivity index (χ0v) is 13.2. The fourth-order valence-corrected chi connectivity index (χ4v) is 2.65. The molecule has 1 aromatic carbocycles. The molecule has 2 heteroatoms. The molecule has 0 aliphatic carbocycles. The third kappa shape index (κ3) is 5.65. The number of rotatable bonds is 5. The highest BCUT2D eigenvalue weighted by Gasteiger charge is 2.27. The van der Waals surface area contributed by atoms with Gasteiger partial charge >= 0.3 is 0 Å². The monoisotopic (exact) mass is 264 g/mol. The van der Waals surface area contributed by atoms with Gasteiger partial charge in [0.25, 0.3) is 0 Å². The Morgan fingerprint density at radius 1 is 1.05 bits per heavy atom. The summed E-state index contributed by atoms with van der Waals surface area (Å²) in [5.41, 5.74) is 1.79. The van der Waals surface area contributed by atoms with E-state index < -0.39 is 6.10 Å². The summed E-state index contributed by atoms with van der Waals surface area (Å²) in [6.45, 7) is 13.4. The van der Waals surface area contributed by atoms with Gasteiger partial charge in [0.1, 0.15) is 12.4 Å². The van der Waals surface area contributed by atoms with Crippen LogP contribution in [0.4, 0.5) is 0 Å². The van der Waals surface area contributed by atoms with Crippen molar-refractivity contribution in [2.75, 3.05) is 6.61 Å². The molecule has 0 amide bonds. The van der Waals surface area contributed by atoms with E-state index in [-0.39, 0.29) is 5.41 Å². The van der Waals surface area contributed by atoms with Crippen molar-refractivity contribution in [1.29, 1.82) is 0 Å². The Bertz CT molecular complexity index is 383. The summed E-state index contributed by atoms with van der Waals surface area (Å²) >= 11 is 0. The van der Waals surface area contributed by atoms with Crippen LogP contribution < -0.4 is 4.74 Å². The second-order valence-electron chi connectivity index (χ2n) is 7.31. The van der Waals surface area contributed by atoms with E-state index in [1.165, 1.54) is 5.56 Å². The fraction of sp³-hybridized carbons (Fsp3) is 0.647. The number of aliphatic hydroxyl groups excluding tert-OH is 1. The van der Waals surface area contributed by atoms with E-state index in [1.54, 1.807) is 6.92 Å². The van der Waals surface area contributed by atoms with Crippen molar-refractivity contribution in [3.8, 4) is 5.75 Å². The maximum absolute atomic E-state index is 9.20. The first-order valence-electron chi connectivity index (χ1n) is 7.02. The molecule has 0 aromatic heterocycles. The number of hydrogen-bond donors (Lipinski definition) is 1. The lowest BCUT2D eigenvalue weighted by Crippen LogP contribution is -2.24. The third-order valence-corrected chi connectivity index (χ3v) is 3.10. The first-order valence-corrected chi connectivity index (χ1v) is 7.02. The molecule has 1 rings (SSSR count). The Balaban J connectivity index is 2.75. The van der Waals surface area contributed by atoms with Crippen molar-refractivity contribution in [2.24, 2.45) is 5.41 Å². The summed E-state index contributed by atoms with van der Waals surface area (Å²) in [7, 11) is 0. The minimum Gasteiger partial charge on any atom is -0.491 e. The third-order valence-electron chi connectivity index (χ3n) is 3.10. The Morgan fingerprint density at radius 2 is 1.58 bits per heavy atom. The van der Waals surface area contributed by atoms with Crippen LogP contribution in [0.3, 0.4) is 0 Å². The number of hydrogen-bond acceptors (Lipinski definition) is 2. The van der Waals surface area contributed by atoms with Gasteiger partial charge in [-0.2, -0.15) is 0 Å². The highest BCUT2D eigenvalue weighted by Crippen LogP contribution is 2.36. The Kier molecular flexibility index (Phi) is 5.03. The maximum atomic E-state index is 9.20. The first-order chi connectivity index (χ1) is 8.60. The van der Waals surface area contributed by atoms with Gasteiger partial charge in [-0.15, -0.1) is 0 Å². The predicted molar refractivity (Wildman–Crippen MR) is 80.7 cm³/mol. The van der Waals surface area contributed by atoms with Gasteiger partial charge in [0, 0.05) is 0 Å². The standard InChI is InChI=1S/C17H28O2/c1-13(18)11-19-15-9-7-14(8-10-15)17(5,6)12-16(2,3)4/h7-10,13,18H,11-12H2,1-6H3. The molecule has 0 aliphatic heterocycles. The van der Waals surface area contributed by atoms with Crippen LogP contribution in [0.15, 0.2) is 24.3 Å². The van der Waals surface area contributed by atoms with E-state index in [1.807, 2.05) is 12.1 Å². The number of aliphatic hydroxyl groups is 1. The van der Waals surface area contributed by atoms with E-state index >= 15 is 0 Å². The van der Waals surface area contributed by atoms with E-state index in [4.69, 9.17) is 4.74 Å². The molecule has 0 aliphatic rings. The lowest BCUT2D eigenvalue weighted by atomic mass is 9.72. The van der Waals surface area contributed by atoms with Crippen LogP contribution in [-0.4, -0.2) is 17.8 Å².